The Morgan fingerprint density at radius 2 is 1.83 bits per heavy atom. The minimum absolute atomic E-state index is 0.0997. The van der Waals surface area contributed by atoms with Crippen LogP contribution in [0.25, 0.3) is 0 Å². The minimum Gasteiger partial charge on any atom is -0.369 e. The van der Waals surface area contributed by atoms with Gasteiger partial charge in [-0.25, -0.2) is 0 Å². The van der Waals surface area contributed by atoms with Crippen molar-refractivity contribution >= 4 is 11.8 Å². The van der Waals surface area contributed by atoms with E-state index in [-0.39, 0.29) is 11.9 Å². The van der Waals surface area contributed by atoms with Crippen LogP contribution in [0.4, 0.5) is 0 Å². The highest BCUT2D eigenvalue weighted by molar-refractivity contribution is 6.03. The van der Waals surface area contributed by atoms with Gasteiger partial charge in [0.25, 0.3) is 0 Å². The summed E-state index contributed by atoms with van der Waals surface area (Å²) >= 11 is 0. The number of hydrogen-bond acceptors (Lipinski definition) is 2. The van der Waals surface area contributed by atoms with Crippen molar-refractivity contribution in [2.75, 3.05) is 0 Å². The van der Waals surface area contributed by atoms with E-state index >= 15 is 0 Å². The van der Waals surface area contributed by atoms with E-state index in [1.54, 1.807) is 0 Å². The first-order chi connectivity index (χ1) is 8.39. The molecule has 2 amide bonds. The lowest BCUT2D eigenvalue weighted by atomic mass is 9.90. The molecular weight excluding hydrogens is 228 g/mol. The molecule has 0 aromatic heterocycles. The maximum Gasteiger partial charge on any atom is 0.235 e. The summed E-state index contributed by atoms with van der Waals surface area (Å²) in [4.78, 5) is 23.3. The van der Waals surface area contributed by atoms with E-state index in [1.807, 2.05) is 37.3 Å². The van der Waals surface area contributed by atoms with Gasteiger partial charge in [-0.15, -0.1) is 0 Å². The first kappa shape index (κ1) is 14.2. The molecule has 0 saturated carbocycles. The average Bonchev–Trinajstić information content (AvgIpc) is 2.36. The van der Waals surface area contributed by atoms with Crippen LogP contribution >= 0.6 is 0 Å². The molecule has 98 valence electrons. The second kappa shape index (κ2) is 5.67. The smallest absolute Gasteiger partial charge is 0.235 e. The number of carbonyl (C=O) groups excluding carboxylic acids is 2. The normalized spacial score (nSPS) is 12.8. The van der Waals surface area contributed by atoms with E-state index in [4.69, 9.17) is 5.73 Å². The molecule has 1 aromatic rings. The molecule has 0 aliphatic carbocycles. The predicted octanol–water partition coefficient (Wildman–Crippen LogP) is 1.77. The monoisotopic (exact) mass is 248 g/mol. The van der Waals surface area contributed by atoms with Crippen LogP contribution in [0.2, 0.25) is 0 Å². The summed E-state index contributed by atoms with van der Waals surface area (Å²) in [5.41, 5.74) is 5.06. The van der Waals surface area contributed by atoms with Crippen molar-refractivity contribution in [2.24, 2.45) is 11.1 Å². The molecule has 0 aliphatic rings. The van der Waals surface area contributed by atoms with Crippen molar-refractivity contribution < 1.29 is 9.59 Å². The van der Waals surface area contributed by atoms with Crippen molar-refractivity contribution in [1.29, 1.82) is 0 Å². The van der Waals surface area contributed by atoms with Crippen LogP contribution in [0.5, 0.6) is 0 Å². The minimum atomic E-state index is -1.19. The fourth-order valence-corrected chi connectivity index (χ4v) is 1.56. The van der Waals surface area contributed by atoms with Gasteiger partial charge in [0.2, 0.25) is 11.8 Å². The lowest BCUT2D eigenvalue weighted by molar-refractivity contribution is -0.139. The van der Waals surface area contributed by atoms with Crippen molar-refractivity contribution in [1.82, 2.24) is 5.32 Å². The summed E-state index contributed by atoms with van der Waals surface area (Å²) < 4.78 is 0. The number of benzene rings is 1. The molecule has 0 aliphatic heterocycles. The van der Waals surface area contributed by atoms with Gasteiger partial charge < -0.3 is 11.1 Å². The van der Waals surface area contributed by atoms with Crippen molar-refractivity contribution in [3.05, 3.63) is 35.9 Å². The maximum atomic E-state index is 12.0. The Balaban J connectivity index is 2.82. The van der Waals surface area contributed by atoms with Crippen LogP contribution in [-0.2, 0) is 9.59 Å². The van der Waals surface area contributed by atoms with Crippen LogP contribution < -0.4 is 11.1 Å². The van der Waals surface area contributed by atoms with Gasteiger partial charge in [0.1, 0.15) is 5.41 Å². The molecule has 0 bridgehead atoms. The number of rotatable bonds is 5. The summed E-state index contributed by atoms with van der Waals surface area (Å²) in [5.74, 6) is -0.964. The highest BCUT2D eigenvalue weighted by Gasteiger charge is 2.35. The van der Waals surface area contributed by atoms with Gasteiger partial charge in [-0.05, 0) is 25.8 Å². The van der Waals surface area contributed by atoms with E-state index in [9.17, 15) is 9.59 Å². The molecular formula is C14H20N2O2. The Morgan fingerprint density at radius 1 is 1.28 bits per heavy atom. The topological polar surface area (TPSA) is 72.2 Å². The average molecular weight is 248 g/mol. The lowest BCUT2D eigenvalue weighted by Crippen LogP contribution is -2.46. The molecule has 1 rings (SSSR count). The Kier molecular flexibility index (Phi) is 4.48. The Hall–Kier alpha value is -1.84. The van der Waals surface area contributed by atoms with Gasteiger partial charge in [-0.3, -0.25) is 9.59 Å². The van der Waals surface area contributed by atoms with Gasteiger partial charge in [0.15, 0.2) is 0 Å². The van der Waals surface area contributed by atoms with Crippen LogP contribution in [0.15, 0.2) is 30.3 Å². The molecule has 0 fully saturated rings. The Morgan fingerprint density at radius 3 is 2.28 bits per heavy atom. The van der Waals surface area contributed by atoms with Gasteiger partial charge >= 0.3 is 0 Å². The van der Waals surface area contributed by atoms with Gasteiger partial charge in [0, 0.05) is 0 Å². The van der Waals surface area contributed by atoms with Crippen LogP contribution in [0.3, 0.4) is 0 Å². The first-order valence-electron chi connectivity index (χ1n) is 6.05. The zero-order chi connectivity index (χ0) is 13.8. The highest BCUT2D eigenvalue weighted by atomic mass is 16.2. The second-order valence-corrected chi connectivity index (χ2v) is 4.83. The first-order valence-corrected chi connectivity index (χ1v) is 6.05. The van der Waals surface area contributed by atoms with Crippen molar-refractivity contribution in [2.45, 2.75) is 33.2 Å². The third-order valence-electron chi connectivity index (χ3n) is 3.10. The molecule has 0 heterocycles. The molecule has 0 saturated heterocycles. The molecule has 0 spiro atoms. The molecule has 18 heavy (non-hydrogen) atoms. The van der Waals surface area contributed by atoms with Crippen LogP contribution in [0.1, 0.15) is 38.8 Å². The quantitative estimate of drug-likeness (QED) is 0.779. The number of hydrogen-bond donors (Lipinski definition) is 2. The number of nitrogens with two attached hydrogens (primary N) is 1. The zero-order valence-corrected chi connectivity index (χ0v) is 11.1. The van der Waals surface area contributed by atoms with Crippen molar-refractivity contribution in [3.8, 4) is 0 Å². The third-order valence-corrected chi connectivity index (χ3v) is 3.10. The molecule has 1 atom stereocenters. The van der Waals surface area contributed by atoms with E-state index in [2.05, 4.69) is 5.32 Å². The fraction of sp³-hybridized carbons (Fsp3) is 0.429. The maximum absolute atomic E-state index is 12.0. The second-order valence-electron chi connectivity index (χ2n) is 4.83. The van der Waals surface area contributed by atoms with Crippen LogP contribution in [0, 0.1) is 5.41 Å². The number of nitrogens with one attached hydrogen (secondary N) is 1. The molecule has 0 radical (unpaired) electrons. The number of primary amides is 1. The number of carbonyl (C=O) groups is 2. The SMILES string of the molecule is CCC(NC(=O)C(C)(C)C(N)=O)c1ccccc1. The van der Waals surface area contributed by atoms with E-state index in [0.29, 0.717) is 0 Å². The Bertz CT molecular complexity index is 427. The summed E-state index contributed by atoms with van der Waals surface area (Å²) in [6, 6.07) is 9.56. The molecule has 3 N–H and O–H groups in total. The zero-order valence-electron chi connectivity index (χ0n) is 11.1. The van der Waals surface area contributed by atoms with Gasteiger partial charge in [-0.1, -0.05) is 37.3 Å². The van der Waals surface area contributed by atoms with Crippen molar-refractivity contribution in [3.63, 3.8) is 0 Å². The summed E-state index contributed by atoms with van der Waals surface area (Å²) in [5, 5.41) is 2.86. The van der Waals surface area contributed by atoms with Crippen LogP contribution in [-0.4, -0.2) is 11.8 Å². The summed E-state index contributed by atoms with van der Waals surface area (Å²) in [6.07, 6.45) is 0.755. The molecule has 1 aromatic carbocycles. The largest absolute Gasteiger partial charge is 0.369 e. The lowest BCUT2D eigenvalue weighted by Gasteiger charge is -2.24. The van der Waals surface area contributed by atoms with E-state index < -0.39 is 11.3 Å². The highest BCUT2D eigenvalue weighted by Crippen LogP contribution is 2.20. The van der Waals surface area contributed by atoms with Gasteiger partial charge in [0.05, 0.1) is 6.04 Å². The summed E-state index contributed by atoms with van der Waals surface area (Å²) in [7, 11) is 0. The molecule has 1 unspecified atom stereocenters. The Labute approximate surface area is 108 Å². The predicted molar refractivity (Wildman–Crippen MR) is 70.6 cm³/mol. The summed E-state index contributed by atoms with van der Waals surface area (Å²) in [6.45, 7) is 5.04. The van der Waals surface area contributed by atoms with E-state index in [1.165, 1.54) is 13.8 Å². The molecule has 4 heteroatoms. The van der Waals surface area contributed by atoms with Gasteiger partial charge in [-0.2, -0.15) is 0 Å². The van der Waals surface area contributed by atoms with E-state index in [0.717, 1.165) is 12.0 Å². The third kappa shape index (κ3) is 3.09. The molecule has 4 nitrogen and oxygen atoms in total. The standard InChI is InChI=1S/C14H20N2O2/c1-4-11(10-8-6-5-7-9-10)16-13(18)14(2,3)12(15)17/h5-9,11H,4H2,1-3H3,(H2,15,17)(H,16,18). The number of amides is 2. The fourth-order valence-electron chi connectivity index (χ4n) is 1.56.